The minimum absolute atomic E-state index is 0.116. The van der Waals surface area contributed by atoms with Crippen LogP contribution in [0.1, 0.15) is 12.8 Å². The molecule has 0 spiro atoms. The van der Waals surface area contributed by atoms with Crippen molar-refractivity contribution in [2.24, 2.45) is 0 Å². The molecule has 2 heterocycles. The van der Waals surface area contributed by atoms with Crippen molar-refractivity contribution in [3.8, 4) is 0 Å². The Morgan fingerprint density at radius 3 is 2.46 bits per heavy atom. The molecule has 0 bridgehead atoms. The maximum atomic E-state index is 13.8. The Bertz CT molecular complexity index is 591. The first kappa shape index (κ1) is 17.1. The molecule has 132 valence electrons. The molecule has 1 aromatic rings. The van der Waals surface area contributed by atoms with Crippen LogP contribution in [0.5, 0.6) is 0 Å². The second-order valence-corrected chi connectivity index (χ2v) is 6.48. The second kappa shape index (κ2) is 7.44. The first-order valence-corrected chi connectivity index (χ1v) is 8.41. The van der Waals surface area contributed by atoms with Gasteiger partial charge in [0.05, 0.1) is 11.8 Å². The van der Waals surface area contributed by atoms with Crippen molar-refractivity contribution in [2.45, 2.75) is 18.9 Å². The zero-order chi connectivity index (χ0) is 17.1. The highest BCUT2D eigenvalue weighted by Gasteiger charge is 2.25. The van der Waals surface area contributed by atoms with Gasteiger partial charge >= 0.3 is 0 Å². The summed E-state index contributed by atoms with van der Waals surface area (Å²) >= 11 is 0. The minimum Gasteiger partial charge on any atom is -0.390 e. The third-order valence-corrected chi connectivity index (χ3v) is 4.69. The van der Waals surface area contributed by atoms with Crippen LogP contribution in [0.2, 0.25) is 0 Å². The lowest BCUT2D eigenvalue weighted by molar-refractivity contribution is -0.129. The number of likely N-dealkylation sites (tertiary alicyclic amines) is 1. The van der Waals surface area contributed by atoms with Crippen LogP contribution in [0.15, 0.2) is 18.2 Å². The fourth-order valence-corrected chi connectivity index (χ4v) is 3.42. The summed E-state index contributed by atoms with van der Waals surface area (Å²) < 4.78 is 26.8. The average Bonchev–Trinajstić information content (AvgIpc) is 2.93. The Morgan fingerprint density at radius 1 is 1.08 bits per heavy atom. The van der Waals surface area contributed by atoms with Gasteiger partial charge in [-0.3, -0.25) is 9.69 Å². The first-order chi connectivity index (χ1) is 11.5. The Kier molecular flexibility index (Phi) is 5.30. The van der Waals surface area contributed by atoms with Gasteiger partial charge in [0.1, 0.15) is 11.6 Å². The number of carbonyl (C=O) groups excluding carboxylic acids is 1. The standard InChI is InChI=1S/C17H23F2N3O2/c18-13-3-4-16(15(19)10-13)21-8-6-20(7-9-21)11-14(23)12-22-5-1-2-17(22)24/h3-4,10,14,23H,1-2,5-9,11-12H2. The van der Waals surface area contributed by atoms with E-state index in [0.717, 1.165) is 19.0 Å². The number of aliphatic hydroxyl groups excluding tert-OH is 1. The molecular weight excluding hydrogens is 316 g/mol. The topological polar surface area (TPSA) is 47.0 Å². The number of β-amino-alcohol motifs (C(OH)–C–C–N with tert-alkyl or cyclic N) is 1. The monoisotopic (exact) mass is 339 g/mol. The number of aliphatic hydroxyl groups is 1. The van der Waals surface area contributed by atoms with Crippen LogP contribution in [0.25, 0.3) is 0 Å². The van der Waals surface area contributed by atoms with Crippen LogP contribution in [-0.4, -0.2) is 72.7 Å². The van der Waals surface area contributed by atoms with Gasteiger partial charge in [-0.2, -0.15) is 0 Å². The van der Waals surface area contributed by atoms with Crippen molar-refractivity contribution in [2.75, 3.05) is 50.7 Å². The summed E-state index contributed by atoms with van der Waals surface area (Å²) in [5.41, 5.74) is 0.416. The SMILES string of the molecule is O=C1CCCN1CC(O)CN1CCN(c2ccc(F)cc2F)CC1. The highest BCUT2D eigenvalue weighted by atomic mass is 19.1. The van der Waals surface area contributed by atoms with E-state index in [4.69, 9.17) is 0 Å². The first-order valence-electron chi connectivity index (χ1n) is 8.41. The van der Waals surface area contributed by atoms with E-state index in [1.165, 1.54) is 12.1 Å². The van der Waals surface area contributed by atoms with Crippen LogP contribution >= 0.6 is 0 Å². The van der Waals surface area contributed by atoms with Crippen molar-refractivity contribution in [3.05, 3.63) is 29.8 Å². The van der Waals surface area contributed by atoms with Crippen molar-refractivity contribution < 1.29 is 18.7 Å². The summed E-state index contributed by atoms with van der Waals surface area (Å²) in [5.74, 6) is -1.00. The van der Waals surface area contributed by atoms with E-state index in [9.17, 15) is 18.7 Å². The van der Waals surface area contributed by atoms with Crippen LogP contribution < -0.4 is 4.90 Å². The summed E-state index contributed by atoms with van der Waals surface area (Å²) in [5, 5.41) is 10.2. The molecule has 2 fully saturated rings. The Hall–Kier alpha value is -1.73. The van der Waals surface area contributed by atoms with E-state index < -0.39 is 17.7 Å². The molecule has 1 amide bonds. The molecule has 24 heavy (non-hydrogen) atoms. The summed E-state index contributed by atoms with van der Waals surface area (Å²) in [7, 11) is 0. The van der Waals surface area contributed by atoms with Gasteiger partial charge in [0.15, 0.2) is 0 Å². The van der Waals surface area contributed by atoms with Crippen LogP contribution in [0, 0.1) is 11.6 Å². The molecular formula is C17H23F2N3O2. The van der Waals surface area contributed by atoms with E-state index in [0.29, 0.717) is 51.4 Å². The van der Waals surface area contributed by atoms with Crippen LogP contribution in [-0.2, 0) is 4.79 Å². The molecule has 1 aromatic carbocycles. The number of piperazine rings is 1. The molecule has 7 heteroatoms. The largest absolute Gasteiger partial charge is 0.390 e. The molecule has 2 aliphatic heterocycles. The number of benzene rings is 1. The molecule has 0 saturated carbocycles. The number of hydrogen-bond acceptors (Lipinski definition) is 4. The summed E-state index contributed by atoms with van der Waals surface area (Å²) in [4.78, 5) is 17.3. The van der Waals surface area contributed by atoms with Crippen molar-refractivity contribution >= 4 is 11.6 Å². The fraction of sp³-hybridized carbons (Fsp3) is 0.588. The minimum atomic E-state index is -0.575. The third kappa shape index (κ3) is 4.02. The second-order valence-electron chi connectivity index (χ2n) is 6.48. The predicted molar refractivity (Wildman–Crippen MR) is 86.8 cm³/mol. The summed E-state index contributed by atoms with van der Waals surface area (Å²) in [6.07, 6.45) is 0.878. The van der Waals surface area contributed by atoms with Gasteiger partial charge in [-0.15, -0.1) is 0 Å². The van der Waals surface area contributed by atoms with Gasteiger partial charge in [0.25, 0.3) is 0 Å². The van der Waals surface area contributed by atoms with E-state index in [-0.39, 0.29) is 5.91 Å². The molecule has 1 N–H and O–H groups in total. The molecule has 5 nitrogen and oxygen atoms in total. The number of anilines is 1. The predicted octanol–water partition coefficient (Wildman–Crippen LogP) is 1.07. The normalized spacial score (nSPS) is 20.7. The quantitative estimate of drug-likeness (QED) is 0.872. The highest BCUT2D eigenvalue weighted by molar-refractivity contribution is 5.78. The van der Waals surface area contributed by atoms with Crippen molar-refractivity contribution in [1.82, 2.24) is 9.80 Å². The lowest BCUT2D eigenvalue weighted by Gasteiger charge is -2.37. The van der Waals surface area contributed by atoms with Crippen LogP contribution in [0.3, 0.4) is 0 Å². The Balaban J connectivity index is 1.47. The van der Waals surface area contributed by atoms with Crippen LogP contribution in [0.4, 0.5) is 14.5 Å². The summed E-state index contributed by atoms with van der Waals surface area (Å²) in [6.45, 7) is 4.25. The molecule has 0 radical (unpaired) electrons. The third-order valence-electron chi connectivity index (χ3n) is 4.69. The number of rotatable bonds is 5. The zero-order valence-electron chi connectivity index (χ0n) is 13.6. The molecule has 3 rings (SSSR count). The van der Waals surface area contributed by atoms with E-state index in [2.05, 4.69) is 4.90 Å². The molecule has 0 aliphatic carbocycles. The lowest BCUT2D eigenvalue weighted by atomic mass is 10.2. The average molecular weight is 339 g/mol. The van der Waals surface area contributed by atoms with Gasteiger partial charge < -0.3 is 14.9 Å². The summed E-state index contributed by atoms with van der Waals surface area (Å²) in [6, 6.07) is 3.63. The highest BCUT2D eigenvalue weighted by Crippen LogP contribution is 2.21. The fourth-order valence-electron chi connectivity index (χ4n) is 3.42. The van der Waals surface area contributed by atoms with E-state index >= 15 is 0 Å². The number of carbonyl (C=O) groups is 1. The van der Waals surface area contributed by atoms with Gasteiger partial charge in [0.2, 0.25) is 5.91 Å². The Morgan fingerprint density at radius 2 is 1.83 bits per heavy atom. The zero-order valence-corrected chi connectivity index (χ0v) is 13.6. The maximum Gasteiger partial charge on any atom is 0.222 e. The van der Waals surface area contributed by atoms with E-state index in [1.54, 1.807) is 4.90 Å². The molecule has 2 saturated heterocycles. The van der Waals surface area contributed by atoms with Gasteiger partial charge in [-0.05, 0) is 18.6 Å². The number of halogens is 2. The molecule has 1 unspecified atom stereocenters. The lowest BCUT2D eigenvalue weighted by Crippen LogP contribution is -2.50. The smallest absolute Gasteiger partial charge is 0.222 e. The number of hydrogen-bond donors (Lipinski definition) is 1. The number of amides is 1. The number of nitrogens with zero attached hydrogens (tertiary/aromatic N) is 3. The maximum absolute atomic E-state index is 13.8. The van der Waals surface area contributed by atoms with Gasteiger partial charge in [-0.1, -0.05) is 0 Å². The molecule has 1 atom stereocenters. The van der Waals surface area contributed by atoms with Gasteiger partial charge in [-0.25, -0.2) is 8.78 Å². The van der Waals surface area contributed by atoms with Crippen molar-refractivity contribution in [3.63, 3.8) is 0 Å². The van der Waals surface area contributed by atoms with Crippen molar-refractivity contribution in [1.29, 1.82) is 0 Å². The van der Waals surface area contributed by atoms with Gasteiger partial charge in [0, 0.05) is 58.3 Å². The molecule has 0 aromatic heterocycles. The molecule has 2 aliphatic rings. The van der Waals surface area contributed by atoms with E-state index in [1.807, 2.05) is 4.90 Å². The Labute approximate surface area is 140 Å².